The predicted octanol–water partition coefficient (Wildman–Crippen LogP) is 3.79. The quantitative estimate of drug-likeness (QED) is 0.259. The van der Waals surface area contributed by atoms with Gasteiger partial charge in [-0.2, -0.15) is 0 Å². The average Bonchev–Trinajstić information content (AvgIpc) is 3.54. The van der Waals surface area contributed by atoms with Crippen LogP contribution in [0.15, 0.2) is 73.2 Å². The third kappa shape index (κ3) is 6.11. The van der Waals surface area contributed by atoms with Crippen LogP contribution in [0.1, 0.15) is 31.2 Å². The Balaban J connectivity index is 1.49. The van der Waals surface area contributed by atoms with Crippen LogP contribution >= 0.6 is 11.6 Å². The summed E-state index contributed by atoms with van der Waals surface area (Å²) in [5.41, 5.74) is 9.63. The van der Waals surface area contributed by atoms with E-state index in [2.05, 4.69) is 36.4 Å². The monoisotopic (exact) mass is 496 g/mol. The molecule has 186 valence electrons. The van der Waals surface area contributed by atoms with Gasteiger partial charge in [0.2, 0.25) is 5.91 Å². The molecule has 1 aromatic heterocycles. The highest BCUT2D eigenvalue weighted by molar-refractivity contribution is 6.29. The van der Waals surface area contributed by atoms with Crippen LogP contribution in [-0.2, 0) is 4.79 Å². The van der Waals surface area contributed by atoms with Crippen LogP contribution in [0.2, 0.25) is 5.15 Å². The van der Waals surface area contributed by atoms with Gasteiger partial charge in [0.05, 0.1) is 18.0 Å². The maximum absolute atomic E-state index is 13.7. The Morgan fingerprint density at radius 2 is 2.17 bits per heavy atom. The number of carbonyl (C=O) groups is 1. The molecule has 1 amide bonds. The number of aliphatic hydroxyl groups is 2. The molecule has 2 aliphatic carbocycles. The summed E-state index contributed by atoms with van der Waals surface area (Å²) in [6.45, 7) is 8.16. The molecule has 1 saturated heterocycles. The second kappa shape index (κ2) is 10.9. The van der Waals surface area contributed by atoms with E-state index in [4.69, 9.17) is 17.3 Å². The number of pyridine rings is 1. The summed E-state index contributed by atoms with van der Waals surface area (Å²) in [4.78, 5) is 21.4. The van der Waals surface area contributed by atoms with Crippen molar-refractivity contribution in [2.24, 2.45) is 17.6 Å². The molecule has 5 atom stereocenters. The third-order valence-electron chi connectivity index (χ3n) is 6.80. The number of hydrogen-bond acceptors (Lipinski definition) is 6. The zero-order valence-electron chi connectivity index (χ0n) is 19.8. The second-order valence-electron chi connectivity index (χ2n) is 9.49. The molecule has 4 rings (SSSR count). The first-order valence-corrected chi connectivity index (χ1v) is 12.3. The Hall–Kier alpha value is -2.71. The van der Waals surface area contributed by atoms with Gasteiger partial charge >= 0.3 is 0 Å². The first-order chi connectivity index (χ1) is 16.8. The van der Waals surface area contributed by atoms with E-state index in [-0.39, 0.29) is 23.5 Å². The highest BCUT2D eigenvalue weighted by Crippen LogP contribution is 2.39. The van der Waals surface area contributed by atoms with Crippen molar-refractivity contribution in [3.63, 3.8) is 0 Å². The molecular weight excluding hydrogens is 464 g/mol. The van der Waals surface area contributed by atoms with Crippen LogP contribution in [0.3, 0.4) is 0 Å². The second-order valence-corrected chi connectivity index (χ2v) is 9.88. The van der Waals surface area contributed by atoms with Crippen LogP contribution in [0, 0.1) is 11.8 Å². The first-order valence-electron chi connectivity index (χ1n) is 11.9. The van der Waals surface area contributed by atoms with E-state index in [9.17, 15) is 15.0 Å². The third-order valence-corrected chi connectivity index (χ3v) is 7.03. The van der Waals surface area contributed by atoms with Gasteiger partial charge < -0.3 is 20.8 Å². The molecule has 0 bridgehead atoms. The van der Waals surface area contributed by atoms with E-state index in [0.29, 0.717) is 37.5 Å². The van der Waals surface area contributed by atoms with Crippen molar-refractivity contribution in [1.82, 2.24) is 14.8 Å². The van der Waals surface area contributed by atoms with Crippen molar-refractivity contribution in [1.29, 1.82) is 0 Å². The van der Waals surface area contributed by atoms with Crippen LogP contribution in [0.5, 0.6) is 0 Å². The van der Waals surface area contributed by atoms with Crippen molar-refractivity contribution in [2.45, 2.75) is 44.1 Å². The van der Waals surface area contributed by atoms with E-state index >= 15 is 0 Å². The van der Waals surface area contributed by atoms with Crippen LogP contribution in [0.25, 0.3) is 5.57 Å². The lowest BCUT2D eigenvalue weighted by atomic mass is 9.91. The van der Waals surface area contributed by atoms with Crippen molar-refractivity contribution in [2.75, 3.05) is 13.1 Å². The Bertz CT molecular complexity index is 1060. The van der Waals surface area contributed by atoms with E-state index < -0.39 is 18.4 Å². The SMILES string of the molecule is C=CCC(O)N1C(N)CN(C[C@@H]2C=C(c3ccc(Cl)nc3)C=CC2)C(=O)[C@@H]1CC1=C[C@@H]1CC(=C)O. The fraction of sp³-hybridized carbons (Fsp3) is 0.407. The molecule has 1 aromatic rings. The van der Waals surface area contributed by atoms with E-state index in [0.717, 1.165) is 23.1 Å². The molecule has 0 aromatic carbocycles. The van der Waals surface area contributed by atoms with Crippen molar-refractivity contribution >= 4 is 23.1 Å². The number of piperazine rings is 1. The lowest BCUT2D eigenvalue weighted by molar-refractivity contribution is -0.157. The molecule has 1 aliphatic heterocycles. The van der Waals surface area contributed by atoms with Gasteiger partial charge in [-0.3, -0.25) is 4.79 Å². The maximum atomic E-state index is 13.7. The number of aliphatic hydroxyl groups excluding tert-OH is 2. The van der Waals surface area contributed by atoms with E-state index in [1.165, 1.54) is 0 Å². The highest BCUT2D eigenvalue weighted by atomic mass is 35.5. The highest BCUT2D eigenvalue weighted by Gasteiger charge is 2.44. The molecule has 35 heavy (non-hydrogen) atoms. The largest absolute Gasteiger partial charge is 0.513 e. The van der Waals surface area contributed by atoms with Crippen molar-refractivity contribution in [3.05, 3.63) is 83.9 Å². The Morgan fingerprint density at radius 1 is 1.37 bits per heavy atom. The van der Waals surface area contributed by atoms with E-state index in [1.54, 1.807) is 23.2 Å². The van der Waals surface area contributed by atoms with Gasteiger partial charge in [-0.15, -0.1) is 6.58 Å². The number of allylic oxidation sites excluding steroid dienone is 5. The summed E-state index contributed by atoms with van der Waals surface area (Å²) in [7, 11) is 0. The molecular formula is C27H33ClN4O3. The summed E-state index contributed by atoms with van der Waals surface area (Å²) < 4.78 is 0. The van der Waals surface area contributed by atoms with Gasteiger partial charge in [0.1, 0.15) is 11.4 Å². The number of halogens is 1. The van der Waals surface area contributed by atoms with Gasteiger partial charge in [-0.1, -0.05) is 54.1 Å². The Morgan fingerprint density at radius 3 is 2.86 bits per heavy atom. The fourth-order valence-electron chi connectivity index (χ4n) is 5.03. The van der Waals surface area contributed by atoms with Crippen LogP contribution < -0.4 is 5.73 Å². The number of carbonyl (C=O) groups excluding carboxylic acids is 1. The lowest BCUT2D eigenvalue weighted by Crippen LogP contribution is -2.67. The van der Waals surface area contributed by atoms with Crippen molar-refractivity contribution < 1.29 is 15.0 Å². The van der Waals surface area contributed by atoms with E-state index in [1.807, 2.05) is 17.0 Å². The Labute approximate surface area is 211 Å². The standard InChI is InChI=1S/C27H33ClN4O3/c1-3-5-26(34)32-23(13-22-12-21(22)10-17(2)33)27(35)31(16-25(32)29)15-18-6-4-7-19(11-18)20-8-9-24(28)30-14-20/h3-4,7-9,11-12,14,18,21,23,25-26,33-34H,1-2,5-6,10,13,15-16,29H2/t18-,21-,23-,25?,26?/m0/s1. The molecule has 7 nitrogen and oxygen atoms in total. The number of amides is 1. The molecule has 2 heterocycles. The molecule has 1 fully saturated rings. The van der Waals surface area contributed by atoms with Gasteiger partial charge in [-0.25, -0.2) is 9.88 Å². The minimum absolute atomic E-state index is 0.0400. The van der Waals surface area contributed by atoms with Crippen LogP contribution in [-0.4, -0.2) is 62.4 Å². The molecule has 2 unspecified atom stereocenters. The molecule has 0 radical (unpaired) electrons. The van der Waals surface area contributed by atoms with Crippen molar-refractivity contribution in [3.8, 4) is 0 Å². The first kappa shape index (κ1) is 25.4. The number of nitrogens with zero attached hydrogens (tertiary/aromatic N) is 3. The summed E-state index contributed by atoms with van der Waals surface area (Å²) in [6, 6.07) is 3.13. The molecule has 4 N–H and O–H groups in total. The summed E-state index contributed by atoms with van der Waals surface area (Å²) in [5, 5.41) is 20.7. The topological polar surface area (TPSA) is 103 Å². The molecule has 3 aliphatic rings. The molecule has 8 heteroatoms. The maximum Gasteiger partial charge on any atom is 0.240 e. The zero-order chi connectivity index (χ0) is 25.1. The fourth-order valence-corrected chi connectivity index (χ4v) is 5.14. The lowest BCUT2D eigenvalue weighted by Gasteiger charge is -2.47. The van der Waals surface area contributed by atoms with Gasteiger partial charge in [-0.05, 0) is 42.0 Å². The normalized spacial score (nSPS) is 27.3. The zero-order valence-corrected chi connectivity index (χ0v) is 20.5. The smallest absolute Gasteiger partial charge is 0.240 e. The molecule has 0 saturated carbocycles. The minimum Gasteiger partial charge on any atom is -0.513 e. The van der Waals surface area contributed by atoms with Gasteiger partial charge in [0.15, 0.2) is 0 Å². The number of rotatable bonds is 10. The number of nitrogens with two attached hydrogens (primary N) is 1. The number of hydrogen-bond donors (Lipinski definition) is 3. The van der Waals surface area contributed by atoms with Gasteiger partial charge in [0.25, 0.3) is 0 Å². The minimum atomic E-state index is -0.884. The Kier molecular flexibility index (Phi) is 7.91. The van der Waals surface area contributed by atoms with Gasteiger partial charge in [0, 0.05) is 38.0 Å². The predicted molar refractivity (Wildman–Crippen MR) is 138 cm³/mol. The summed E-state index contributed by atoms with van der Waals surface area (Å²) >= 11 is 5.93. The summed E-state index contributed by atoms with van der Waals surface area (Å²) in [6.07, 6.45) is 12.5. The molecule has 0 spiro atoms. The van der Waals surface area contributed by atoms with Crippen LogP contribution in [0.4, 0.5) is 0 Å². The summed E-state index contributed by atoms with van der Waals surface area (Å²) in [5.74, 6) is 0.341. The average molecular weight is 497 g/mol. The number of aromatic nitrogens is 1.